The molecule has 0 amide bonds. The number of anilines is 3. The van der Waals surface area contributed by atoms with Crippen LogP contribution >= 0.6 is 0 Å². The fraction of sp³-hybridized carbons (Fsp3) is 0.400. The van der Waals surface area contributed by atoms with Gasteiger partial charge < -0.3 is 20.7 Å². The van der Waals surface area contributed by atoms with Gasteiger partial charge >= 0.3 is 5.82 Å². The van der Waals surface area contributed by atoms with Gasteiger partial charge in [-0.1, -0.05) is 0 Å². The van der Waals surface area contributed by atoms with Crippen molar-refractivity contribution in [2.75, 3.05) is 17.2 Å². The second kappa shape index (κ2) is 5.67. The quantitative estimate of drug-likeness (QED) is 0.669. The van der Waals surface area contributed by atoms with Crippen molar-refractivity contribution < 1.29 is 4.92 Å². The molecule has 1 aromatic carbocycles. The molecule has 2 N–H and O–H groups in total. The number of rotatable bonds is 4. The molecule has 0 aliphatic carbocycles. The topological polar surface area (TPSA) is 85.0 Å². The predicted molar refractivity (Wildman–Crippen MR) is 85.8 cm³/mol. The van der Waals surface area contributed by atoms with E-state index in [4.69, 9.17) is 0 Å². The number of aryl methyl sites for hydroxylation is 2. The third kappa shape index (κ3) is 2.49. The second-order valence-corrected chi connectivity index (χ2v) is 5.36. The smallest absolute Gasteiger partial charge is 0.385 e. The van der Waals surface area contributed by atoms with E-state index in [2.05, 4.69) is 15.6 Å². The molecule has 116 valence electrons. The van der Waals surface area contributed by atoms with E-state index in [9.17, 15) is 10.1 Å². The maximum Gasteiger partial charge on any atom is 0.407 e. The fourth-order valence-electron chi connectivity index (χ4n) is 2.88. The van der Waals surface area contributed by atoms with Gasteiger partial charge in [-0.3, -0.25) is 4.57 Å². The molecule has 7 heteroatoms. The summed E-state index contributed by atoms with van der Waals surface area (Å²) in [6.45, 7) is 5.34. The van der Waals surface area contributed by atoms with Crippen LogP contribution in [0, 0.1) is 17.0 Å². The van der Waals surface area contributed by atoms with Crippen molar-refractivity contribution in [3.8, 4) is 0 Å². The molecule has 3 rings (SSSR count). The highest BCUT2D eigenvalue weighted by Crippen LogP contribution is 2.31. The molecule has 0 saturated heterocycles. The maximum atomic E-state index is 11.2. The molecular weight excluding hydrogens is 282 g/mol. The van der Waals surface area contributed by atoms with Gasteiger partial charge in [0, 0.05) is 31.4 Å². The van der Waals surface area contributed by atoms with E-state index < -0.39 is 4.92 Å². The van der Waals surface area contributed by atoms with Crippen LogP contribution < -0.4 is 10.6 Å². The van der Waals surface area contributed by atoms with E-state index in [0.29, 0.717) is 18.2 Å². The summed E-state index contributed by atoms with van der Waals surface area (Å²) in [7, 11) is 0. The first-order chi connectivity index (χ1) is 10.6. The van der Waals surface area contributed by atoms with E-state index in [1.807, 2.05) is 29.7 Å². The summed E-state index contributed by atoms with van der Waals surface area (Å²) in [5.41, 5.74) is 3.23. The SMILES string of the molecule is CCn1c(C)nc([N+](=O)[O-])c1Nc1ccc2c(c1)CCCN2. The molecule has 0 saturated carbocycles. The molecule has 2 aromatic rings. The Hall–Kier alpha value is -2.57. The Morgan fingerprint density at radius 2 is 2.32 bits per heavy atom. The minimum atomic E-state index is -0.443. The predicted octanol–water partition coefficient (Wildman–Crippen LogP) is 3.22. The number of hydrogen-bond donors (Lipinski definition) is 2. The Morgan fingerprint density at radius 3 is 3.05 bits per heavy atom. The van der Waals surface area contributed by atoms with Crippen LogP contribution in [0.3, 0.4) is 0 Å². The van der Waals surface area contributed by atoms with Gasteiger partial charge in [-0.2, -0.15) is 0 Å². The molecule has 22 heavy (non-hydrogen) atoms. The Bertz CT molecular complexity index is 723. The van der Waals surface area contributed by atoms with Crippen molar-refractivity contribution in [3.05, 3.63) is 39.7 Å². The largest absolute Gasteiger partial charge is 0.407 e. The molecule has 7 nitrogen and oxygen atoms in total. The van der Waals surface area contributed by atoms with Crippen molar-refractivity contribution >= 4 is 23.0 Å². The summed E-state index contributed by atoms with van der Waals surface area (Å²) in [5.74, 6) is 0.945. The number of imidazole rings is 1. The zero-order valence-electron chi connectivity index (χ0n) is 12.7. The second-order valence-electron chi connectivity index (χ2n) is 5.36. The van der Waals surface area contributed by atoms with E-state index >= 15 is 0 Å². The third-order valence-corrected chi connectivity index (χ3v) is 3.94. The summed E-state index contributed by atoms with van der Waals surface area (Å²) in [4.78, 5) is 14.8. The molecule has 1 aliphatic rings. The highest BCUT2D eigenvalue weighted by molar-refractivity contribution is 5.68. The summed E-state index contributed by atoms with van der Waals surface area (Å²) < 4.78 is 1.82. The molecular formula is C15H19N5O2. The lowest BCUT2D eigenvalue weighted by Gasteiger charge is -2.19. The lowest BCUT2D eigenvalue weighted by Crippen LogP contribution is -2.12. The van der Waals surface area contributed by atoms with Crippen LogP contribution in [0.1, 0.15) is 24.7 Å². The van der Waals surface area contributed by atoms with Crippen molar-refractivity contribution in [2.24, 2.45) is 0 Å². The summed E-state index contributed by atoms with van der Waals surface area (Å²) >= 11 is 0. The summed E-state index contributed by atoms with van der Waals surface area (Å²) in [5, 5.41) is 17.7. The number of aromatic nitrogens is 2. The first kappa shape index (κ1) is 14.4. The van der Waals surface area contributed by atoms with Crippen molar-refractivity contribution in [1.82, 2.24) is 9.55 Å². The van der Waals surface area contributed by atoms with E-state index in [1.165, 1.54) is 5.56 Å². The number of nitrogens with zero attached hydrogens (tertiary/aromatic N) is 3. The van der Waals surface area contributed by atoms with Gasteiger partial charge in [-0.15, -0.1) is 0 Å². The van der Waals surface area contributed by atoms with Crippen LogP contribution in [0.2, 0.25) is 0 Å². The van der Waals surface area contributed by atoms with Gasteiger partial charge in [0.1, 0.15) is 0 Å². The van der Waals surface area contributed by atoms with Gasteiger partial charge in [0.15, 0.2) is 0 Å². The number of benzene rings is 1. The van der Waals surface area contributed by atoms with E-state index in [1.54, 1.807) is 6.92 Å². The van der Waals surface area contributed by atoms with Crippen molar-refractivity contribution in [1.29, 1.82) is 0 Å². The van der Waals surface area contributed by atoms with Crippen LogP contribution in [-0.4, -0.2) is 21.0 Å². The molecule has 1 aromatic heterocycles. The first-order valence-electron chi connectivity index (χ1n) is 7.45. The standard InChI is InChI=1S/C15H19N5O2/c1-3-19-10(2)17-15(20(21)22)14(19)18-12-6-7-13-11(9-12)5-4-8-16-13/h6-7,9,16,18H,3-5,8H2,1-2H3. The van der Waals surface area contributed by atoms with Crippen LogP contribution in [-0.2, 0) is 13.0 Å². The normalized spacial score (nSPS) is 13.4. The molecule has 0 atom stereocenters. The van der Waals surface area contributed by atoms with Crippen molar-refractivity contribution in [2.45, 2.75) is 33.2 Å². The summed E-state index contributed by atoms with van der Waals surface area (Å²) in [6.07, 6.45) is 2.12. The molecule has 1 aliphatic heterocycles. The average Bonchev–Trinajstić information content (AvgIpc) is 2.83. The maximum absolute atomic E-state index is 11.2. The van der Waals surface area contributed by atoms with Crippen LogP contribution in [0.4, 0.5) is 23.0 Å². The highest BCUT2D eigenvalue weighted by atomic mass is 16.6. The zero-order chi connectivity index (χ0) is 15.7. The monoisotopic (exact) mass is 301 g/mol. The number of nitrogens with one attached hydrogen (secondary N) is 2. The zero-order valence-corrected chi connectivity index (χ0v) is 12.7. The van der Waals surface area contributed by atoms with Gasteiger partial charge in [0.05, 0.1) is 0 Å². The Kier molecular flexibility index (Phi) is 3.70. The van der Waals surface area contributed by atoms with Gasteiger partial charge in [0.25, 0.3) is 0 Å². The molecule has 2 heterocycles. The minimum absolute atomic E-state index is 0.129. The lowest BCUT2D eigenvalue weighted by atomic mass is 10.0. The summed E-state index contributed by atoms with van der Waals surface area (Å²) in [6, 6.07) is 6.00. The van der Waals surface area contributed by atoms with Crippen LogP contribution in [0.5, 0.6) is 0 Å². The molecule has 0 spiro atoms. The van der Waals surface area contributed by atoms with Crippen molar-refractivity contribution in [3.63, 3.8) is 0 Å². The Balaban J connectivity index is 1.97. The van der Waals surface area contributed by atoms with Crippen LogP contribution in [0.15, 0.2) is 18.2 Å². The molecule has 0 bridgehead atoms. The first-order valence-corrected chi connectivity index (χ1v) is 7.45. The fourth-order valence-corrected chi connectivity index (χ4v) is 2.88. The molecule has 0 unspecified atom stereocenters. The number of fused-ring (bicyclic) bond motifs is 1. The Morgan fingerprint density at radius 1 is 1.50 bits per heavy atom. The minimum Gasteiger partial charge on any atom is -0.385 e. The van der Waals surface area contributed by atoms with Gasteiger partial charge in [-0.05, 0) is 53.4 Å². The van der Waals surface area contributed by atoms with E-state index in [-0.39, 0.29) is 5.82 Å². The highest BCUT2D eigenvalue weighted by Gasteiger charge is 2.25. The third-order valence-electron chi connectivity index (χ3n) is 3.94. The lowest BCUT2D eigenvalue weighted by molar-refractivity contribution is -0.388. The van der Waals surface area contributed by atoms with Crippen LogP contribution in [0.25, 0.3) is 0 Å². The molecule has 0 radical (unpaired) electrons. The van der Waals surface area contributed by atoms with E-state index in [0.717, 1.165) is 30.8 Å². The molecule has 0 fully saturated rings. The number of hydrogen-bond acceptors (Lipinski definition) is 5. The van der Waals surface area contributed by atoms with Gasteiger partial charge in [0.2, 0.25) is 11.6 Å². The average molecular weight is 301 g/mol. The Labute approximate surface area is 128 Å². The van der Waals surface area contributed by atoms with Gasteiger partial charge in [-0.25, -0.2) is 0 Å². The number of nitro groups is 1.